The predicted octanol–water partition coefficient (Wildman–Crippen LogP) is 5.05. The molecule has 5 nitrogen and oxygen atoms in total. The number of amides is 1. The van der Waals surface area contributed by atoms with Gasteiger partial charge in [0.15, 0.2) is 4.34 Å². The van der Waals surface area contributed by atoms with E-state index in [0.29, 0.717) is 20.9 Å². The molecule has 0 bridgehead atoms. The van der Waals surface area contributed by atoms with Crippen LogP contribution in [0.5, 0.6) is 0 Å². The van der Waals surface area contributed by atoms with Gasteiger partial charge in [-0.15, -0.1) is 10.2 Å². The summed E-state index contributed by atoms with van der Waals surface area (Å²) in [5.74, 6) is 0.0146. The summed E-state index contributed by atoms with van der Waals surface area (Å²) in [6, 6.07) is 14.9. The van der Waals surface area contributed by atoms with Crippen molar-refractivity contribution in [1.82, 2.24) is 15.1 Å². The zero-order valence-electron chi connectivity index (χ0n) is 16.0. The maximum absolute atomic E-state index is 13.7. The molecule has 150 valence electrons. The van der Waals surface area contributed by atoms with Gasteiger partial charge in [0, 0.05) is 7.05 Å². The van der Waals surface area contributed by atoms with Crippen LogP contribution >= 0.6 is 23.1 Å². The van der Waals surface area contributed by atoms with Crippen molar-refractivity contribution < 1.29 is 9.18 Å². The summed E-state index contributed by atoms with van der Waals surface area (Å²) in [5.41, 5.74) is 2.95. The largest absolute Gasteiger partial charge is 0.338 e. The van der Waals surface area contributed by atoms with Gasteiger partial charge in [0.2, 0.25) is 11.0 Å². The van der Waals surface area contributed by atoms with Gasteiger partial charge in [-0.05, 0) is 42.5 Å². The second kappa shape index (κ2) is 8.92. The summed E-state index contributed by atoms with van der Waals surface area (Å²) >= 11 is 2.66. The standard InChI is InChI=1S/C21H21FN4OS2/c1-26(18-12-6-8-14-7-2-3-9-15(14)18)19(27)13-28-21-25-24-20(29-21)23-17-11-5-4-10-16(17)22/h2-5,7,9-11,18H,6,8,12-13H2,1H3,(H,23,24). The number of aromatic nitrogens is 2. The second-order valence-electron chi connectivity index (χ2n) is 6.88. The van der Waals surface area contributed by atoms with Gasteiger partial charge >= 0.3 is 0 Å². The van der Waals surface area contributed by atoms with Crippen molar-refractivity contribution in [3.63, 3.8) is 0 Å². The number of benzene rings is 2. The average molecular weight is 429 g/mol. The van der Waals surface area contributed by atoms with Crippen LogP contribution in [-0.2, 0) is 11.2 Å². The lowest BCUT2D eigenvalue weighted by molar-refractivity contribution is -0.129. The van der Waals surface area contributed by atoms with E-state index in [1.165, 1.54) is 40.3 Å². The lowest BCUT2D eigenvalue weighted by atomic mass is 9.87. The smallest absolute Gasteiger partial charge is 0.233 e. The number of fused-ring (bicyclic) bond motifs is 1. The van der Waals surface area contributed by atoms with Gasteiger partial charge in [-0.2, -0.15) is 0 Å². The molecule has 8 heteroatoms. The first-order valence-electron chi connectivity index (χ1n) is 9.43. The zero-order valence-corrected chi connectivity index (χ0v) is 17.6. The Bertz CT molecular complexity index is 1010. The van der Waals surface area contributed by atoms with Gasteiger partial charge < -0.3 is 10.2 Å². The number of rotatable bonds is 6. The summed E-state index contributed by atoms with van der Waals surface area (Å²) in [5, 5.41) is 11.6. The Morgan fingerprint density at radius 2 is 2.03 bits per heavy atom. The van der Waals surface area contributed by atoms with E-state index >= 15 is 0 Å². The van der Waals surface area contributed by atoms with E-state index in [2.05, 4.69) is 33.7 Å². The topological polar surface area (TPSA) is 58.1 Å². The molecule has 4 rings (SSSR count). The zero-order chi connectivity index (χ0) is 20.2. The minimum atomic E-state index is -0.346. The molecule has 29 heavy (non-hydrogen) atoms. The number of anilines is 2. The van der Waals surface area contributed by atoms with Gasteiger partial charge in [0.25, 0.3) is 0 Å². The van der Waals surface area contributed by atoms with E-state index in [0.717, 1.165) is 19.3 Å². The highest BCUT2D eigenvalue weighted by Gasteiger charge is 2.26. The van der Waals surface area contributed by atoms with Crippen LogP contribution in [0.1, 0.15) is 30.0 Å². The number of hydrogen-bond donors (Lipinski definition) is 1. The summed E-state index contributed by atoms with van der Waals surface area (Å²) < 4.78 is 14.4. The first-order valence-corrected chi connectivity index (χ1v) is 11.2. The van der Waals surface area contributed by atoms with Crippen molar-refractivity contribution >= 4 is 39.8 Å². The van der Waals surface area contributed by atoms with Crippen molar-refractivity contribution in [3.8, 4) is 0 Å². The number of nitrogens with zero attached hydrogens (tertiary/aromatic N) is 3. The highest BCUT2D eigenvalue weighted by molar-refractivity contribution is 8.01. The Kier molecular flexibility index (Phi) is 6.10. The molecule has 0 radical (unpaired) electrons. The number of aryl methyl sites for hydroxylation is 1. The molecule has 1 aliphatic carbocycles. The van der Waals surface area contributed by atoms with E-state index in [9.17, 15) is 9.18 Å². The van der Waals surface area contributed by atoms with Gasteiger partial charge in [-0.25, -0.2) is 4.39 Å². The van der Waals surface area contributed by atoms with Gasteiger partial charge in [-0.1, -0.05) is 59.5 Å². The van der Waals surface area contributed by atoms with E-state index in [4.69, 9.17) is 0 Å². The third kappa shape index (κ3) is 4.59. The average Bonchev–Trinajstić information content (AvgIpc) is 3.20. The van der Waals surface area contributed by atoms with Crippen molar-refractivity contribution in [1.29, 1.82) is 0 Å². The Labute approximate surface area is 177 Å². The maximum Gasteiger partial charge on any atom is 0.233 e. The molecule has 0 fully saturated rings. The van der Waals surface area contributed by atoms with Crippen molar-refractivity contribution in [2.24, 2.45) is 0 Å². The van der Waals surface area contributed by atoms with Crippen LogP contribution in [0, 0.1) is 5.82 Å². The van der Waals surface area contributed by atoms with E-state index in [1.54, 1.807) is 18.2 Å². The van der Waals surface area contributed by atoms with Gasteiger partial charge in [0.05, 0.1) is 17.5 Å². The van der Waals surface area contributed by atoms with Crippen LogP contribution < -0.4 is 5.32 Å². The number of carbonyl (C=O) groups excluding carboxylic acids is 1. The minimum absolute atomic E-state index is 0.0653. The Morgan fingerprint density at radius 1 is 1.24 bits per heavy atom. The molecule has 1 unspecified atom stereocenters. The van der Waals surface area contributed by atoms with Crippen LogP contribution in [0.25, 0.3) is 0 Å². The monoisotopic (exact) mass is 428 g/mol. The molecular weight excluding hydrogens is 407 g/mol. The first kappa shape index (κ1) is 19.8. The normalized spacial score (nSPS) is 15.6. The molecule has 1 atom stereocenters. The quantitative estimate of drug-likeness (QED) is 0.557. The number of nitrogens with one attached hydrogen (secondary N) is 1. The number of halogens is 1. The van der Waals surface area contributed by atoms with Gasteiger partial charge in [-0.3, -0.25) is 4.79 Å². The van der Waals surface area contributed by atoms with Crippen LogP contribution in [0.4, 0.5) is 15.2 Å². The SMILES string of the molecule is CN(C(=O)CSc1nnc(Nc2ccccc2F)s1)C1CCCc2ccccc21. The molecular formula is C21H21FN4OS2. The summed E-state index contributed by atoms with van der Waals surface area (Å²) in [7, 11) is 1.88. The lowest BCUT2D eigenvalue weighted by Gasteiger charge is -2.33. The fraction of sp³-hybridized carbons (Fsp3) is 0.286. The van der Waals surface area contributed by atoms with Crippen molar-refractivity contribution in [3.05, 3.63) is 65.5 Å². The minimum Gasteiger partial charge on any atom is -0.338 e. The molecule has 3 aromatic rings. The Hall–Kier alpha value is -2.45. The molecule has 1 amide bonds. The molecule has 1 heterocycles. The molecule has 1 aromatic heterocycles. The first-order chi connectivity index (χ1) is 14.1. The molecule has 0 spiro atoms. The van der Waals surface area contributed by atoms with E-state index in [1.807, 2.05) is 18.0 Å². The van der Waals surface area contributed by atoms with E-state index < -0.39 is 0 Å². The summed E-state index contributed by atoms with van der Waals surface area (Å²) in [6.07, 6.45) is 3.15. The number of thioether (sulfide) groups is 1. The fourth-order valence-corrected chi connectivity index (χ4v) is 5.21. The third-order valence-corrected chi connectivity index (χ3v) is 7.00. The fourth-order valence-electron chi connectivity index (χ4n) is 3.53. The van der Waals surface area contributed by atoms with Crippen molar-refractivity contribution in [2.75, 3.05) is 18.1 Å². The van der Waals surface area contributed by atoms with Crippen LogP contribution in [-0.4, -0.2) is 33.8 Å². The maximum atomic E-state index is 13.7. The number of hydrogen-bond acceptors (Lipinski definition) is 6. The molecule has 0 saturated heterocycles. The highest BCUT2D eigenvalue weighted by atomic mass is 32.2. The molecule has 2 aromatic carbocycles. The molecule has 0 saturated carbocycles. The Morgan fingerprint density at radius 3 is 2.90 bits per heavy atom. The number of carbonyl (C=O) groups is 1. The summed E-state index contributed by atoms with van der Waals surface area (Å²) in [6.45, 7) is 0. The highest BCUT2D eigenvalue weighted by Crippen LogP contribution is 2.34. The molecule has 0 aliphatic heterocycles. The predicted molar refractivity (Wildman–Crippen MR) is 115 cm³/mol. The van der Waals surface area contributed by atoms with Gasteiger partial charge in [0.1, 0.15) is 5.82 Å². The van der Waals surface area contributed by atoms with Crippen LogP contribution in [0.15, 0.2) is 52.9 Å². The lowest BCUT2D eigenvalue weighted by Crippen LogP contribution is -2.34. The number of para-hydroxylation sites is 1. The second-order valence-corrected chi connectivity index (χ2v) is 9.08. The Balaban J connectivity index is 1.36. The van der Waals surface area contributed by atoms with E-state index in [-0.39, 0.29) is 17.8 Å². The van der Waals surface area contributed by atoms with Crippen molar-refractivity contribution in [2.45, 2.75) is 29.6 Å². The summed E-state index contributed by atoms with van der Waals surface area (Å²) in [4.78, 5) is 14.6. The van der Waals surface area contributed by atoms with Crippen LogP contribution in [0.3, 0.4) is 0 Å². The molecule has 1 N–H and O–H groups in total. The molecule has 1 aliphatic rings. The third-order valence-electron chi connectivity index (χ3n) is 5.04. The van der Waals surface area contributed by atoms with Crippen LogP contribution in [0.2, 0.25) is 0 Å².